The molecule has 1 amide bonds. The Morgan fingerprint density at radius 2 is 1.32 bits per heavy atom. The van der Waals surface area contributed by atoms with E-state index in [4.69, 9.17) is 14.2 Å². The van der Waals surface area contributed by atoms with Crippen LogP contribution >= 0.6 is 0 Å². The van der Waals surface area contributed by atoms with Gasteiger partial charge in [0.2, 0.25) is 0 Å². The third-order valence-corrected chi connectivity index (χ3v) is 4.11. The number of unbranched alkanes of at least 4 members (excludes halogenated alkanes) is 8. The van der Waals surface area contributed by atoms with Crippen LogP contribution in [0.15, 0.2) is 0 Å². The van der Waals surface area contributed by atoms with Crippen molar-refractivity contribution in [3.8, 4) is 0 Å². The van der Waals surface area contributed by atoms with Crippen molar-refractivity contribution in [1.82, 2.24) is 5.32 Å². The number of hydrogen-bond donors (Lipinski definition) is 1. The summed E-state index contributed by atoms with van der Waals surface area (Å²) in [5.74, 6) is -0.0657. The Bertz CT molecular complexity index is 393. The average molecular weight is 402 g/mol. The molecule has 0 aromatic heterocycles. The summed E-state index contributed by atoms with van der Waals surface area (Å²) in [6, 6.07) is 0. The summed E-state index contributed by atoms with van der Waals surface area (Å²) in [5.41, 5.74) is -0.454. The fourth-order valence-electron chi connectivity index (χ4n) is 2.72. The highest BCUT2D eigenvalue weighted by Crippen LogP contribution is 2.11. The molecule has 166 valence electrons. The van der Waals surface area contributed by atoms with Gasteiger partial charge in [-0.05, 0) is 47.0 Å². The molecule has 0 radical (unpaired) electrons. The summed E-state index contributed by atoms with van der Waals surface area (Å²) in [5, 5.41) is 2.73. The van der Waals surface area contributed by atoms with Gasteiger partial charge in [-0.3, -0.25) is 4.79 Å². The lowest BCUT2D eigenvalue weighted by molar-refractivity contribution is -0.143. The zero-order valence-corrected chi connectivity index (χ0v) is 18.6. The first-order chi connectivity index (χ1) is 13.3. The summed E-state index contributed by atoms with van der Waals surface area (Å²) in [6.45, 7) is 9.92. The van der Waals surface area contributed by atoms with E-state index in [1.165, 1.54) is 38.5 Å². The molecule has 6 nitrogen and oxygen atoms in total. The Kier molecular flexibility index (Phi) is 16.9. The minimum atomic E-state index is -0.454. The first-order valence-corrected chi connectivity index (χ1v) is 11.1. The van der Waals surface area contributed by atoms with Gasteiger partial charge in [0.15, 0.2) is 0 Å². The van der Waals surface area contributed by atoms with Crippen LogP contribution < -0.4 is 5.32 Å². The molecule has 1 N–H and O–H groups in total. The van der Waals surface area contributed by atoms with Crippen LogP contribution in [0.4, 0.5) is 4.79 Å². The number of alkyl carbamates (subject to hydrolysis) is 1. The van der Waals surface area contributed by atoms with E-state index in [9.17, 15) is 9.59 Å². The van der Waals surface area contributed by atoms with Crippen molar-refractivity contribution in [1.29, 1.82) is 0 Å². The number of carbonyl (C=O) groups is 2. The van der Waals surface area contributed by atoms with E-state index in [1.807, 2.05) is 27.7 Å². The van der Waals surface area contributed by atoms with Crippen molar-refractivity contribution in [3.05, 3.63) is 0 Å². The fraction of sp³-hybridized carbons (Fsp3) is 0.909. The van der Waals surface area contributed by atoms with Crippen molar-refractivity contribution in [3.63, 3.8) is 0 Å². The summed E-state index contributed by atoms with van der Waals surface area (Å²) in [7, 11) is 0. The number of ether oxygens (including phenoxy) is 3. The van der Waals surface area contributed by atoms with Crippen LogP contribution in [0.2, 0.25) is 0 Å². The maximum absolute atomic E-state index is 11.5. The van der Waals surface area contributed by atoms with Gasteiger partial charge < -0.3 is 19.5 Å². The van der Waals surface area contributed by atoms with E-state index in [-0.39, 0.29) is 12.1 Å². The van der Waals surface area contributed by atoms with Crippen LogP contribution in [0.1, 0.15) is 98.3 Å². The lowest BCUT2D eigenvalue weighted by Crippen LogP contribution is -2.33. The van der Waals surface area contributed by atoms with Gasteiger partial charge in [0.05, 0.1) is 6.61 Å². The molecule has 0 aliphatic rings. The van der Waals surface area contributed by atoms with Gasteiger partial charge in [-0.2, -0.15) is 0 Å². The molecule has 0 rings (SSSR count). The molecule has 0 unspecified atom stereocenters. The van der Waals surface area contributed by atoms with Crippen LogP contribution in [0.5, 0.6) is 0 Å². The van der Waals surface area contributed by atoms with Gasteiger partial charge in [-0.25, -0.2) is 4.79 Å². The number of nitrogens with one attached hydrogen (secondary N) is 1. The maximum atomic E-state index is 11.5. The van der Waals surface area contributed by atoms with Gasteiger partial charge in [0.1, 0.15) is 5.60 Å². The summed E-state index contributed by atoms with van der Waals surface area (Å²) < 4.78 is 15.7. The molecule has 0 spiro atoms. The van der Waals surface area contributed by atoms with Crippen molar-refractivity contribution in [2.45, 2.75) is 104 Å². The molecule has 0 bridgehead atoms. The topological polar surface area (TPSA) is 73.9 Å². The molecule has 0 saturated carbocycles. The molecule has 6 heteroatoms. The van der Waals surface area contributed by atoms with E-state index in [0.29, 0.717) is 26.2 Å². The Morgan fingerprint density at radius 1 is 0.786 bits per heavy atom. The molecule has 0 aromatic rings. The molecule has 0 atom stereocenters. The van der Waals surface area contributed by atoms with Crippen molar-refractivity contribution in [2.24, 2.45) is 0 Å². The highest BCUT2D eigenvalue weighted by molar-refractivity contribution is 5.69. The van der Waals surface area contributed by atoms with Gasteiger partial charge in [-0.15, -0.1) is 0 Å². The maximum Gasteiger partial charge on any atom is 0.407 e. The van der Waals surface area contributed by atoms with Gasteiger partial charge in [0, 0.05) is 26.2 Å². The van der Waals surface area contributed by atoms with E-state index in [1.54, 1.807) is 0 Å². The number of esters is 1. The van der Waals surface area contributed by atoms with E-state index >= 15 is 0 Å². The Morgan fingerprint density at radius 3 is 1.89 bits per heavy atom. The Hall–Kier alpha value is -1.30. The molecule has 28 heavy (non-hydrogen) atoms. The Balaban J connectivity index is 3.18. The van der Waals surface area contributed by atoms with E-state index in [0.717, 1.165) is 32.3 Å². The smallest absolute Gasteiger partial charge is 0.407 e. The van der Waals surface area contributed by atoms with E-state index < -0.39 is 5.60 Å². The molecule has 0 aliphatic heterocycles. The minimum absolute atomic E-state index is 0.0657. The fourth-order valence-corrected chi connectivity index (χ4v) is 2.72. The minimum Gasteiger partial charge on any atom is -0.466 e. The van der Waals surface area contributed by atoms with Crippen molar-refractivity contribution < 1.29 is 23.8 Å². The molecule has 0 heterocycles. The van der Waals surface area contributed by atoms with E-state index in [2.05, 4.69) is 5.32 Å². The van der Waals surface area contributed by atoms with Crippen LogP contribution in [0, 0.1) is 0 Å². The predicted octanol–water partition coefficient (Wildman–Crippen LogP) is 5.38. The van der Waals surface area contributed by atoms with Crippen molar-refractivity contribution >= 4 is 12.1 Å². The lowest BCUT2D eigenvalue weighted by Gasteiger charge is -2.19. The average Bonchev–Trinajstić information content (AvgIpc) is 2.60. The Labute approximate surface area is 172 Å². The zero-order valence-electron chi connectivity index (χ0n) is 18.6. The van der Waals surface area contributed by atoms with Crippen LogP contribution in [-0.4, -0.2) is 44.0 Å². The van der Waals surface area contributed by atoms with Crippen LogP contribution in [-0.2, 0) is 19.0 Å². The third-order valence-electron chi connectivity index (χ3n) is 4.11. The highest BCUT2D eigenvalue weighted by Gasteiger charge is 2.15. The second kappa shape index (κ2) is 17.8. The molecule has 0 aliphatic carbocycles. The SMILES string of the molecule is CCOC(=O)CCCCCCCCCCCOCCCNC(=O)OC(C)(C)C. The monoisotopic (exact) mass is 401 g/mol. The number of amides is 1. The number of rotatable bonds is 17. The van der Waals surface area contributed by atoms with Gasteiger partial charge in [-0.1, -0.05) is 44.9 Å². The first kappa shape index (κ1) is 26.7. The standard InChI is InChI=1S/C22H43NO5/c1-5-27-20(24)16-13-11-9-7-6-8-10-12-14-18-26-19-15-17-23-21(25)28-22(2,3)4/h5-19H2,1-4H3,(H,23,25). The lowest BCUT2D eigenvalue weighted by atomic mass is 10.1. The zero-order chi connectivity index (χ0) is 21.1. The van der Waals surface area contributed by atoms with Crippen LogP contribution in [0.3, 0.4) is 0 Å². The second-order valence-electron chi connectivity index (χ2n) is 8.13. The largest absolute Gasteiger partial charge is 0.466 e. The van der Waals surface area contributed by atoms with Gasteiger partial charge in [0.25, 0.3) is 0 Å². The normalized spacial score (nSPS) is 11.3. The van der Waals surface area contributed by atoms with Crippen LogP contribution in [0.25, 0.3) is 0 Å². The summed E-state index contributed by atoms with van der Waals surface area (Å²) in [6.07, 6.45) is 11.6. The third kappa shape index (κ3) is 21.0. The second-order valence-corrected chi connectivity index (χ2v) is 8.13. The number of hydrogen-bond acceptors (Lipinski definition) is 5. The summed E-state index contributed by atoms with van der Waals surface area (Å²) >= 11 is 0. The highest BCUT2D eigenvalue weighted by atomic mass is 16.6. The quantitative estimate of drug-likeness (QED) is 0.261. The van der Waals surface area contributed by atoms with Crippen molar-refractivity contribution in [2.75, 3.05) is 26.4 Å². The summed E-state index contributed by atoms with van der Waals surface area (Å²) in [4.78, 5) is 22.6. The molecule has 0 fully saturated rings. The number of carbonyl (C=O) groups excluding carboxylic acids is 2. The molecule has 0 aromatic carbocycles. The molecular formula is C22H43NO5. The predicted molar refractivity (Wildman–Crippen MR) is 112 cm³/mol. The first-order valence-electron chi connectivity index (χ1n) is 11.1. The van der Waals surface area contributed by atoms with Gasteiger partial charge >= 0.3 is 12.1 Å². The molecular weight excluding hydrogens is 358 g/mol. The molecule has 0 saturated heterocycles.